The Balaban J connectivity index is 1.35. The highest BCUT2D eigenvalue weighted by Gasteiger charge is 2.45. The molecule has 2 aromatic rings. The minimum Gasteiger partial charge on any atom is -0.480 e. The topological polar surface area (TPSA) is 105 Å². The standard InChI is InChI=1S/C25H28N2O5/c1-2-21(22(28)29)27-23(30)25(12-7-13-25)15-26-24(31)32-14-20-18-10-5-3-8-16(18)17-9-4-6-11-19(17)20/h3-6,8-11,20-21H,2,7,12-15H2,1H3,(H,26,31)(H,27,30)(H,28,29). The number of carboxylic acids is 1. The number of nitrogens with one attached hydrogen (secondary N) is 2. The van der Waals surface area contributed by atoms with Gasteiger partial charge in [0, 0.05) is 12.5 Å². The maximum Gasteiger partial charge on any atom is 0.407 e. The molecule has 0 radical (unpaired) electrons. The number of fused-ring (bicyclic) bond motifs is 3. The molecule has 7 nitrogen and oxygen atoms in total. The first-order valence-corrected chi connectivity index (χ1v) is 11.1. The molecule has 2 aliphatic carbocycles. The Morgan fingerprint density at radius 2 is 1.66 bits per heavy atom. The molecule has 0 bridgehead atoms. The minimum absolute atomic E-state index is 0.0324. The zero-order valence-corrected chi connectivity index (χ0v) is 18.1. The summed E-state index contributed by atoms with van der Waals surface area (Å²) in [7, 11) is 0. The molecule has 7 heteroatoms. The van der Waals surface area contributed by atoms with E-state index in [0.717, 1.165) is 28.7 Å². The molecule has 4 rings (SSSR count). The van der Waals surface area contributed by atoms with Gasteiger partial charge in [-0.05, 0) is 41.5 Å². The van der Waals surface area contributed by atoms with Crippen molar-refractivity contribution in [3.63, 3.8) is 0 Å². The lowest BCUT2D eigenvalue weighted by Gasteiger charge is -2.40. The number of carbonyl (C=O) groups is 3. The summed E-state index contributed by atoms with van der Waals surface area (Å²) in [5.74, 6) is -1.41. The molecule has 0 aliphatic heterocycles. The Morgan fingerprint density at radius 1 is 1.06 bits per heavy atom. The van der Waals surface area contributed by atoms with Gasteiger partial charge in [0.2, 0.25) is 5.91 Å². The summed E-state index contributed by atoms with van der Waals surface area (Å²) in [6.07, 6.45) is 1.81. The van der Waals surface area contributed by atoms with Crippen LogP contribution in [0, 0.1) is 5.41 Å². The van der Waals surface area contributed by atoms with E-state index < -0.39 is 23.5 Å². The molecule has 0 saturated heterocycles. The molecule has 32 heavy (non-hydrogen) atoms. The third-order valence-corrected chi connectivity index (χ3v) is 6.72. The van der Waals surface area contributed by atoms with E-state index in [1.165, 1.54) is 0 Å². The molecule has 0 spiro atoms. The van der Waals surface area contributed by atoms with E-state index in [9.17, 15) is 19.5 Å². The predicted molar refractivity (Wildman–Crippen MR) is 119 cm³/mol. The highest BCUT2D eigenvalue weighted by molar-refractivity contribution is 5.88. The molecule has 1 saturated carbocycles. The molecule has 0 aromatic heterocycles. The fourth-order valence-corrected chi connectivity index (χ4v) is 4.63. The van der Waals surface area contributed by atoms with E-state index in [2.05, 4.69) is 34.9 Å². The SMILES string of the molecule is CCC(NC(=O)C1(CNC(=O)OCC2c3ccccc3-c3ccccc32)CCC1)C(=O)O. The first-order valence-electron chi connectivity index (χ1n) is 11.1. The van der Waals surface area contributed by atoms with Gasteiger partial charge in [0.25, 0.3) is 0 Å². The number of amides is 2. The van der Waals surface area contributed by atoms with Gasteiger partial charge < -0.3 is 20.5 Å². The average molecular weight is 437 g/mol. The lowest BCUT2D eigenvalue weighted by Crippen LogP contribution is -2.55. The first kappa shape index (κ1) is 21.9. The molecule has 168 valence electrons. The van der Waals surface area contributed by atoms with Crippen molar-refractivity contribution in [2.75, 3.05) is 13.2 Å². The Kier molecular flexibility index (Phi) is 6.17. The van der Waals surface area contributed by atoms with Gasteiger partial charge >= 0.3 is 12.1 Å². The quantitative estimate of drug-likeness (QED) is 0.586. The second-order valence-corrected chi connectivity index (χ2v) is 8.59. The van der Waals surface area contributed by atoms with Crippen LogP contribution in [-0.2, 0) is 14.3 Å². The lowest BCUT2D eigenvalue weighted by atomic mass is 9.68. The van der Waals surface area contributed by atoms with Crippen molar-refractivity contribution in [3.8, 4) is 11.1 Å². The third-order valence-electron chi connectivity index (χ3n) is 6.72. The zero-order chi connectivity index (χ0) is 22.7. The summed E-state index contributed by atoms with van der Waals surface area (Å²) >= 11 is 0. The summed E-state index contributed by atoms with van der Waals surface area (Å²) in [6.45, 7) is 2.04. The Morgan fingerprint density at radius 3 is 2.16 bits per heavy atom. The Hall–Kier alpha value is -3.35. The number of carboxylic acid groups (broad SMARTS) is 1. The van der Waals surface area contributed by atoms with Gasteiger partial charge in [-0.3, -0.25) is 4.79 Å². The van der Waals surface area contributed by atoms with Crippen LogP contribution in [0.15, 0.2) is 48.5 Å². The molecule has 1 unspecified atom stereocenters. The number of carbonyl (C=O) groups excluding carboxylic acids is 2. The molecule has 2 aromatic carbocycles. The summed E-state index contributed by atoms with van der Waals surface area (Å²) in [4.78, 5) is 36.4. The van der Waals surface area contributed by atoms with Gasteiger partial charge in [0.1, 0.15) is 12.6 Å². The first-order chi connectivity index (χ1) is 15.4. The number of rotatable bonds is 8. The van der Waals surface area contributed by atoms with E-state index >= 15 is 0 Å². The highest BCUT2D eigenvalue weighted by atomic mass is 16.5. The van der Waals surface area contributed by atoms with Gasteiger partial charge in [0.15, 0.2) is 0 Å². The van der Waals surface area contributed by atoms with E-state index in [1.54, 1.807) is 6.92 Å². The van der Waals surface area contributed by atoms with Crippen LogP contribution >= 0.6 is 0 Å². The molecule has 1 atom stereocenters. The summed E-state index contributed by atoms with van der Waals surface area (Å²) in [5.41, 5.74) is 3.82. The Labute approximate surface area is 187 Å². The maximum atomic E-state index is 12.7. The van der Waals surface area contributed by atoms with Crippen molar-refractivity contribution in [2.24, 2.45) is 5.41 Å². The van der Waals surface area contributed by atoms with Crippen LogP contribution in [0.25, 0.3) is 11.1 Å². The van der Waals surface area contributed by atoms with Gasteiger partial charge in [-0.25, -0.2) is 9.59 Å². The molecule has 0 heterocycles. The second kappa shape index (κ2) is 9.02. The molecule has 3 N–H and O–H groups in total. The zero-order valence-electron chi connectivity index (χ0n) is 18.1. The van der Waals surface area contributed by atoms with Crippen molar-refractivity contribution in [2.45, 2.75) is 44.6 Å². The molecule has 2 amide bonds. The maximum absolute atomic E-state index is 12.7. The van der Waals surface area contributed by atoms with E-state index in [0.29, 0.717) is 19.3 Å². The lowest BCUT2D eigenvalue weighted by molar-refractivity contribution is -0.145. The normalized spacial score (nSPS) is 16.8. The van der Waals surface area contributed by atoms with Crippen LogP contribution < -0.4 is 10.6 Å². The summed E-state index contributed by atoms with van der Waals surface area (Å²) < 4.78 is 5.55. The van der Waals surface area contributed by atoms with Crippen molar-refractivity contribution in [1.29, 1.82) is 0 Å². The van der Waals surface area contributed by atoms with E-state index in [4.69, 9.17) is 4.74 Å². The van der Waals surface area contributed by atoms with Crippen LogP contribution in [0.5, 0.6) is 0 Å². The van der Waals surface area contributed by atoms with Crippen LogP contribution in [0.1, 0.15) is 49.7 Å². The number of hydrogen-bond acceptors (Lipinski definition) is 4. The summed E-state index contributed by atoms with van der Waals surface area (Å²) in [6, 6.07) is 15.3. The molecule has 2 aliphatic rings. The van der Waals surface area contributed by atoms with Gasteiger partial charge in [-0.15, -0.1) is 0 Å². The predicted octanol–water partition coefficient (Wildman–Crippen LogP) is 3.67. The van der Waals surface area contributed by atoms with Crippen molar-refractivity contribution in [1.82, 2.24) is 10.6 Å². The van der Waals surface area contributed by atoms with E-state index in [1.807, 2.05) is 24.3 Å². The molecular weight excluding hydrogens is 408 g/mol. The molecule has 1 fully saturated rings. The van der Waals surface area contributed by atoms with Crippen LogP contribution in [0.3, 0.4) is 0 Å². The van der Waals surface area contributed by atoms with E-state index in [-0.39, 0.29) is 25.0 Å². The number of alkyl carbamates (subject to hydrolysis) is 1. The number of benzene rings is 2. The van der Waals surface area contributed by atoms with Crippen LogP contribution in [0.4, 0.5) is 4.79 Å². The van der Waals surface area contributed by atoms with Crippen molar-refractivity contribution in [3.05, 3.63) is 59.7 Å². The second-order valence-electron chi connectivity index (χ2n) is 8.59. The fraction of sp³-hybridized carbons (Fsp3) is 0.400. The smallest absolute Gasteiger partial charge is 0.407 e. The number of hydrogen-bond donors (Lipinski definition) is 3. The van der Waals surface area contributed by atoms with Crippen LogP contribution in [-0.4, -0.2) is 42.3 Å². The average Bonchev–Trinajstić information content (AvgIpc) is 3.09. The Bertz CT molecular complexity index is 985. The van der Waals surface area contributed by atoms with Gasteiger partial charge in [-0.2, -0.15) is 0 Å². The third kappa shape index (κ3) is 4.07. The fourth-order valence-electron chi connectivity index (χ4n) is 4.63. The number of aliphatic carboxylic acids is 1. The minimum atomic E-state index is -1.06. The van der Waals surface area contributed by atoms with Gasteiger partial charge in [0.05, 0.1) is 5.41 Å². The molecular formula is C25H28N2O5. The van der Waals surface area contributed by atoms with Crippen molar-refractivity contribution >= 4 is 18.0 Å². The largest absolute Gasteiger partial charge is 0.480 e. The highest BCUT2D eigenvalue weighted by Crippen LogP contribution is 2.44. The monoisotopic (exact) mass is 436 g/mol. The van der Waals surface area contributed by atoms with Crippen LogP contribution in [0.2, 0.25) is 0 Å². The summed E-state index contributed by atoms with van der Waals surface area (Å²) in [5, 5.41) is 14.5. The van der Waals surface area contributed by atoms with Crippen molar-refractivity contribution < 1.29 is 24.2 Å². The number of ether oxygens (including phenoxy) is 1. The van der Waals surface area contributed by atoms with Gasteiger partial charge in [-0.1, -0.05) is 61.9 Å².